The fourth-order valence-corrected chi connectivity index (χ4v) is 8.34. The van der Waals surface area contributed by atoms with Gasteiger partial charge in [-0.25, -0.2) is 9.18 Å². The molecule has 4 aliphatic rings. The lowest BCUT2D eigenvalue weighted by atomic mass is 9.95. The van der Waals surface area contributed by atoms with E-state index in [2.05, 4.69) is 19.8 Å². The Morgan fingerprint density at radius 3 is 2.51 bits per heavy atom. The van der Waals surface area contributed by atoms with Gasteiger partial charge in [-0.05, 0) is 63.1 Å². The van der Waals surface area contributed by atoms with Crippen molar-refractivity contribution < 1.29 is 19.0 Å². The molecule has 2 atom stereocenters. The fraction of sp³-hybridized carbons (Fsp3) is 0.438. The van der Waals surface area contributed by atoms with E-state index in [0.717, 1.165) is 62.4 Å². The van der Waals surface area contributed by atoms with E-state index in [9.17, 15) is 9.90 Å². The Balaban J connectivity index is 1.24. The van der Waals surface area contributed by atoms with E-state index < -0.39 is 11.9 Å². The summed E-state index contributed by atoms with van der Waals surface area (Å²) in [6.07, 6.45) is 6.72. The van der Waals surface area contributed by atoms with Crippen molar-refractivity contribution in [1.82, 2.24) is 24.8 Å². The van der Waals surface area contributed by atoms with Crippen molar-refractivity contribution in [2.45, 2.75) is 56.1 Å². The molecule has 8 rings (SSSR count). The van der Waals surface area contributed by atoms with E-state index in [1.54, 1.807) is 17.2 Å². The zero-order valence-electron chi connectivity index (χ0n) is 23.7. The van der Waals surface area contributed by atoms with Crippen molar-refractivity contribution in [3.05, 3.63) is 53.4 Å². The average molecular weight is 603 g/mol. The quantitative estimate of drug-likeness (QED) is 0.298. The van der Waals surface area contributed by atoms with E-state index in [1.165, 1.54) is 0 Å². The summed E-state index contributed by atoms with van der Waals surface area (Å²) in [6, 6.07) is 11.1. The van der Waals surface area contributed by atoms with Gasteiger partial charge in [0.2, 0.25) is 0 Å². The Kier molecular flexibility index (Phi) is 6.34. The van der Waals surface area contributed by atoms with Crippen molar-refractivity contribution in [2.24, 2.45) is 0 Å². The van der Waals surface area contributed by atoms with Gasteiger partial charge in [-0.15, -0.1) is 0 Å². The second-order valence-electron chi connectivity index (χ2n) is 12.3. The van der Waals surface area contributed by atoms with Crippen LogP contribution in [0.15, 0.2) is 42.6 Å². The van der Waals surface area contributed by atoms with Gasteiger partial charge in [0.25, 0.3) is 0 Å². The highest BCUT2D eigenvalue weighted by Gasteiger charge is 2.46. The summed E-state index contributed by atoms with van der Waals surface area (Å²) >= 11 is 6.60. The summed E-state index contributed by atoms with van der Waals surface area (Å²) in [5, 5.41) is 12.4. The van der Waals surface area contributed by atoms with Gasteiger partial charge >= 0.3 is 12.1 Å². The number of rotatable bonds is 5. The van der Waals surface area contributed by atoms with Crippen molar-refractivity contribution >= 4 is 45.2 Å². The highest BCUT2D eigenvalue weighted by molar-refractivity contribution is 6.36. The largest absolute Gasteiger partial charge is 0.465 e. The number of carboxylic acid groups (broad SMARTS) is 1. The molecule has 2 unspecified atom stereocenters. The fourth-order valence-electron chi connectivity index (χ4n) is 8.06. The monoisotopic (exact) mass is 602 g/mol. The number of aromatic nitrogens is 3. The van der Waals surface area contributed by atoms with Gasteiger partial charge in [0.1, 0.15) is 23.6 Å². The number of fused-ring (bicyclic) bond motifs is 5. The molecule has 1 amide bonds. The lowest BCUT2D eigenvalue weighted by Crippen LogP contribution is -2.55. The zero-order valence-corrected chi connectivity index (χ0v) is 24.4. The number of ether oxygens (including phenoxy) is 1. The van der Waals surface area contributed by atoms with Crippen molar-refractivity contribution in [2.75, 3.05) is 37.7 Å². The molecule has 0 radical (unpaired) electrons. The van der Waals surface area contributed by atoms with Gasteiger partial charge in [0.05, 0.1) is 23.0 Å². The van der Waals surface area contributed by atoms with Crippen LogP contribution in [-0.4, -0.2) is 86.4 Å². The maximum absolute atomic E-state index is 16.7. The Hall–Kier alpha value is -3.76. The Morgan fingerprint density at radius 1 is 1.07 bits per heavy atom. The van der Waals surface area contributed by atoms with Gasteiger partial charge in [-0.3, -0.25) is 14.8 Å². The van der Waals surface area contributed by atoms with Crippen LogP contribution < -0.4 is 9.64 Å². The predicted octanol–water partition coefficient (Wildman–Crippen LogP) is 5.98. The van der Waals surface area contributed by atoms with Crippen molar-refractivity contribution in [3.8, 4) is 17.3 Å². The van der Waals surface area contributed by atoms with Gasteiger partial charge in [-0.1, -0.05) is 41.9 Å². The molecule has 43 heavy (non-hydrogen) atoms. The first kappa shape index (κ1) is 26.8. The van der Waals surface area contributed by atoms with Gasteiger partial charge in [0, 0.05) is 35.3 Å². The molecule has 9 nitrogen and oxygen atoms in total. The van der Waals surface area contributed by atoms with Crippen LogP contribution in [0.2, 0.25) is 5.02 Å². The minimum Gasteiger partial charge on any atom is -0.465 e. The first-order valence-corrected chi connectivity index (χ1v) is 15.5. The molecule has 11 heteroatoms. The van der Waals surface area contributed by atoms with E-state index in [1.807, 2.05) is 30.3 Å². The van der Waals surface area contributed by atoms with Crippen LogP contribution in [0.5, 0.6) is 6.01 Å². The highest BCUT2D eigenvalue weighted by Crippen LogP contribution is 2.41. The van der Waals surface area contributed by atoms with Crippen LogP contribution in [0.4, 0.5) is 15.0 Å². The molecule has 2 bridgehead atoms. The number of halogens is 2. The number of nitrogens with zero attached hydrogens (tertiary/aromatic N) is 6. The molecule has 4 aromatic rings. The number of hydrogen-bond acceptors (Lipinski definition) is 7. The minimum atomic E-state index is -0.897. The van der Waals surface area contributed by atoms with E-state index >= 15 is 4.39 Å². The second kappa shape index (κ2) is 10.2. The third kappa shape index (κ3) is 4.29. The summed E-state index contributed by atoms with van der Waals surface area (Å²) in [6.45, 7) is 3.53. The summed E-state index contributed by atoms with van der Waals surface area (Å²) in [4.78, 5) is 32.2. The normalized spacial score (nSPS) is 22.9. The molecule has 2 aromatic heterocycles. The first-order valence-electron chi connectivity index (χ1n) is 15.1. The molecule has 0 spiro atoms. The lowest BCUT2D eigenvalue weighted by Gasteiger charge is -2.40. The molecule has 6 heterocycles. The third-order valence-electron chi connectivity index (χ3n) is 10.0. The number of anilines is 1. The number of hydrogen-bond donors (Lipinski definition) is 1. The van der Waals surface area contributed by atoms with E-state index in [4.69, 9.17) is 21.3 Å². The Bertz CT molecular complexity index is 1740. The second-order valence-corrected chi connectivity index (χ2v) is 12.8. The number of benzene rings is 2. The van der Waals surface area contributed by atoms with Gasteiger partial charge in [-0.2, -0.15) is 9.97 Å². The molecule has 4 aliphatic heterocycles. The number of carbonyl (C=O) groups is 1. The van der Waals surface area contributed by atoms with Crippen LogP contribution in [0.3, 0.4) is 0 Å². The van der Waals surface area contributed by atoms with Crippen molar-refractivity contribution in [3.63, 3.8) is 0 Å². The molecule has 222 valence electrons. The van der Waals surface area contributed by atoms with E-state index in [0.29, 0.717) is 41.5 Å². The maximum atomic E-state index is 16.7. The van der Waals surface area contributed by atoms with Crippen LogP contribution in [-0.2, 0) is 0 Å². The topological polar surface area (TPSA) is 94.9 Å². The molecule has 4 fully saturated rings. The smallest absolute Gasteiger partial charge is 0.407 e. The molecular weight excluding hydrogens is 571 g/mol. The molecule has 2 aromatic carbocycles. The summed E-state index contributed by atoms with van der Waals surface area (Å²) in [7, 11) is 0. The maximum Gasteiger partial charge on any atom is 0.407 e. The molecular formula is C32H32ClFN6O3. The van der Waals surface area contributed by atoms with Crippen LogP contribution >= 0.6 is 11.6 Å². The molecule has 4 saturated heterocycles. The predicted molar refractivity (Wildman–Crippen MR) is 162 cm³/mol. The minimum absolute atomic E-state index is 0.0215. The highest BCUT2D eigenvalue weighted by atomic mass is 35.5. The van der Waals surface area contributed by atoms with Gasteiger partial charge < -0.3 is 14.7 Å². The SMILES string of the molecule is O=C(O)N1C2CCC1CN(c1nc(OCC34CCCN3CCC4)nc3c(F)c(-c4cccc5cccc(Cl)c45)ncc13)C2. The number of pyridine rings is 1. The van der Waals surface area contributed by atoms with E-state index in [-0.39, 0.29) is 34.8 Å². The van der Waals surface area contributed by atoms with Crippen molar-refractivity contribution in [1.29, 1.82) is 0 Å². The zero-order chi connectivity index (χ0) is 29.3. The summed E-state index contributed by atoms with van der Waals surface area (Å²) in [5.41, 5.74) is 0.861. The molecule has 0 saturated carbocycles. The number of amides is 1. The Labute approximate surface area is 253 Å². The Morgan fingerprint density at radius 2 is 1.79 bits per heavy atom. The summed E-state index contributed by atoms with van der Waals surface area (Å²) in [5.74, 6) is -0.0323. The van der Waals surface area contributed by atoms with Crippen LogP contribution in [0.25, 0.3) is 32.9 Å². The van der Waals surface area contributed by atoms with Crippen LogP contribution in [0.1, 0.15) is 38.5 Å². The molecule has 0 aliphatic carbocycles. The van der Waals surface area contributed by atoms with Gasteiger partial charge in [0.15, 0.2) is 5.82 Å². The number of piperazine rings is 1. The first-order chi connectivity index (χ1) is 20.9. The summed E-state index contributed by atoms with van der Waals surface area (Å²) < 4.78 is 23.0. The molecule has 1 N–H and O–H groups in total. The third-order valence-corrected chi connectivity index (χ3v) is 10.4. The lowest BCUT2D eigenvalue weighted by molar-refractivity contribution is 0.107. The average Bonchev–Trinajstić information content (AvgIpc) is 3.67. The van der Waals surface area contributed by atoms with Crippen LogP contribution in [0, 0.1) is 5.82 Å². The standard InChI is InChI=1S/C32H32ClFN6O3/c33-24-8-2-6-19-5-1-7-22(25(19)24)27-26(34)28-23(15-35-27)29(38-16-20-9-10-21(17-38)40(20)31(41)42)37-30(36-28)43-18-32-11-3-13-39(32)14-4-12-32/h1-2,5-8,15,20-21H,3-4,9-14,16-18H2,(H,41,42).